The molecule has 1 aromatic carbocycles. The van der Waals surface area contributed by atoms with Crippen LogP contribution in [0.3, 0.4) is 0 Å². The van der Waals surface area contributed by atoms with Crippen LogP contribution in [-0.2, 0) is 0 Å². The molecule has 0 spiro atoms. The van der Waals surface area contributed by atoms with Crippen LogP contribution in [0.4, 0.5) is 0 Å². The molecule has 1 aliphatic heterocycles. The van der Waals surface area contributed by atoms with Gasteiger partial charge in [0, 0.05) is 11.8 Å². The molecule has 4 nitrogen and oxygen atoms in total. The third-order valence-electron chi connectivity index (χ3n) is 3.82. The highest BCUT2D eigenvalue weighted by atomic mass is 16.3. The maximum Gasteiger partial charge on any atom is 0.116 e. The van der Waals surface area contributed by atoms with Crippen molar-refractivity contribution in [1.82, 2.24) is 15.1 Å². The number of hydrogen-bond acceptors (Lipinski definition) is 3. The standard InChI is InChI=1S/C15H19N3O/c1-11-2-3-14(19)8-15(11)12-9-17-18(10-12)13-4-6-16-7-5-13/h2-3,8-10,13,16,19H,4-7H2,1H3. The summed E-state index contributed by atoms with van der Waals surface area (Å²) in [5.74, 6) is 0.301. The summed E-state index contributed by atoms with van der Waals surface area (Å²) in [7, 11) is 0. The molecule has 2 aromatic rings. The average molecular weight is 257 g/mol. The van der Waals surface area contributed by atoms with Crippen LogP contribution in [0.5, 0.6) is 5.75 Å². The molecule has 1 fully saturated rings. The zero-order valence-corrected chi connectivity index (χ0v) is 11.1. The first-order chi connectivity index (χ1) is 9.24. The van der Waals surface area contributed by atoms with Gasteiger partial charge in [0.2, 0.25) is 0 Å². The Kier molecular flexibility index (Phi) is 3.25. The Balaban J connectivity index is 1.89. The highest BCUT2D eigenvalue weighted by molar-refractivity contribution is 5.67. The summed E-state index contributed by atoms with van der Waals surface area (Å²) in [6.07, 6.45) is 6.24. The van der Waals surface area contributed by atoms with Gasteiger partial charge in [-0.15, -0.1) is 0 Å². The lowest BCUT2D eigenvalue weighted by molar-refractivity contribution is 0.343. The van der Waals surface area contributed by atoms with Gasteiger partial charge in [0.25, 0.3) is 0 Å². The summed E-state index contributed by atoms with van der Waals surface area (Å²) in [6.45, 7) is 4.17. The Bertz CT molecular complexity index is 571. The second-order valence-electron chi connectivity index (χ2n) is 5.19. The predicted octanol–water partition coefficient (Wildman–Crippen LogP) is 2.49. The Hall–Kier alpha value is -1.81. The summed E-state index contributed by atoms with van der Waals surface area (Å²) in [5, 5.41) is 17.5. The third-order valence-corrected chi connectivity index (χ3v) is 3.82. The minimum absolute atomic E-state index is 0.301. The zero-order valence-electron chi connectivity index (χ0n) is 11.1. The van der Waals surface area contributed by atoms with Crippen molar-refractivity contribution in [1.29, 1.82) is 0 Å². The molecular formula is C15H19N3O. The molecule has 0 aliphatic carbocycles. The van der Waals surface area contributed by atoms with Crippen LogP contribution in [0.1, 0.15) is 24.4 Å². The molecule has 0 saturated carbocycles. The van der Waals surface area contributed by atoms with Crippen LogP contribution in [-0.4, -0.2) is 28.0 Å². The van der Waals surface area contributed by atoms with Gasteiger partial charge in [0.1, 0.15) is 5.75 Å². The highest BCUT2D eigenvalue weighted by Crippen LogP contribution is 2.28. The van der Waals surface area contributed by atoms with Gasteiger partial charge in [-0.3, -0.25) is 4.68 Å². The lowest BCUT2D eigenvalue weighted by Gasteiger charge is -2.22. The molecule has 2 N–H and O–H groups in total. The topological polar surface area (TPSA) is 50.1 Å². The van der Waals surface area contributed by atoms with Crippen LogP contribution in [0, 0.1) is 6.92 Å². The van der Waals surface area contributed by atoms with Crippen molar-refractivity contribution in [2.75, 3.05) is 13.1 Å². The number of hydrogen-bond donors (Lipinski definition) is 2. The van der Waals surface area contributed by atoms with Crippen LogP contribution in [0.25, 0.3) is 11.1 Å². The summed E-state index contributed by atoms with van der Waals surface area (Å²) in [4.78, 5) is 0. The summed E-state index contributed by atoms with van der Waals surface area (Å²) in [5.41, 5.74) is 3.29. The number of piperidine rings is 1. The molecular weight excluding hydrogens is 238 g/mol. The van der Waals surface area contributed by atoms with Crippen molar-refractivity contribution >= 4 is 0 Å². The van der Waals surface area contributed by atoms with Crippen molar-refractivity contribution in [3.05, 3.63) is 36.2 Å². The molecule has 1 aromatic heterocycles. The molecule has 0 radical (unpaired) electrons. The number of phenols is 1. The van der Waals surface area contributed by atoms with Crippen molar-refractivity contribution in [2.24, 2.45) is 0 Å². The third kappa shape index (κ3) is 2.49. The van der Waals surface area contributed by atoms with Crippen molar-refractivity contribution in [3.8, 4) is 16.9 Å². The maximum absolute atomic E-state index is 9.62. The van der Waals surface area contributed by atoms with Gasteiger partial charge in [0.15, 0.2) is 0 Å². The van der Waals surface area contributed by atoms with Gasteiger partial charge in [-0.2, -0.15) is 5.10 Å². The van der Waals surface area contributed by atoms with Crippen molar-refractivity contribution < 1.29 is 5.11 Å². The van der Waals surface area contributed by atoms with Gasteiger partial charge < -0.3 is 10.4 Å². The van der Waals surface area contributed by atoms with Gasteiger partial charge in [-0.1, -0.05) is 6.07 Å². The molecule has 0 amide bonds. The normalized spacial score (nSPS) is 16.7. The first kappa shape index (κ1) is 12.2. The Morgan fingerprint density at radius 3 is 2.89 bits per heavy atom. The molecule has 1 aliphatic rings. The van der Waals surface area contributed by atoms with E-state index in [4.69, 9.17) is 0 Å². The van der Waals surface area contributed by atoms with E-state index in [-0.39, 0.29) is 0 Å². The van der Waals surface area contributed by atoms with E-state index < -0.39 is 0 Å². The van der Waals surface area contributed by atoms with Crippen molar-refractivity contribution in [2.45, 2.75) is 25.8 Å². The molecule has 3 rings (SSSR count). The predicted molar refractivity (Wildman–Crippen MR) is 75.2 cm³/mol. The number of nitrogens with zero attached hydrogens (tertiary/aromatic N) is 2. The zero-order chi connectivity index (χ0) is 13.2. The number of nitrogens with one attached hydrogen (secondary N) is 1. The summed E-state index contributed by atoms with van der Waals surface area (Å²) in [6, 6.07) is 5.95. The number of aromatic nitrogens is 2. The Morgan fingerprint density at radius 2 is 2.11 bits per heavy atom. The number of phenolic OH excluding ortho intramolecular Hbond substituents is 1. The minimum Gasteiger partial charge on any atom is -0.508 e. The lowest BCUT2D eigenvalue weighted by atomic mass is 10.0. The first-order valence-corrected chi connectivity index (χ1v) is 6.79. The molecule has 4 heteroatoms. The lowest BCUT2D eigenvalue weighted by Crippen LogP contribution is -2.29. The smallest absolute Gasteiger partial charge is 0.116 e. The number of benzene rings is 1. The van der Waals surface area contributed by atoms with E-state index in [0.29, 0.717) is 11.8 Å². The fourth-order valence-corrected chi connectivity index (χ4v) is 2.67. The highest BCUT2D eigenvalue weighted by Gasteiger charge is 2.16. The first-order valence-electron chi connectivity index (χ1n) is 6.79. The molecule has 2 heterocycles. The largest absolute Gasteiger partial charge is 0.508 e. The Labute approximate surface area is 113 Å². The Morgan fingerprint density at radius 1 is 1.32 bits per heavy atom. The van der Waals surface area contributed by atoms with Crippen LogP contribution in [0.15, 0.2) is 30.6 Å². The number of rotatable bonds is 2. The van der Waals surface area contributed by atoms with Gasteiger partial charge >= 0.3 is 0 Å². The fraction of sp³-hybridized carbons (Fsp3) is 0.400. The monoisotopic (exact) mass is 257 g/mol. The molecule has 0 bridgehead atoms. The molecule has 100 valence electrons. The fourth-order valence-electron chi connectivity index (χ4n) is 2.67. The number of aryl methyl sites for hydroxylation is 1. The van der Waals surface area contributed by atoms with Crippen LogP contribution >= 0.6 is 0 Å². The maximum atomic E-state index is 9.62. The van der Waals surface area contributed by atoms with Gasteiger partial charge in [-0.25, -0.2) is 0 Å². The number of aromatic hydroxyl groups is 1. The van der Waals surface area contributed by atoms with Crippen LogP contribution < -0.4 is 5.32 Å². The minimum atomic E-state index is 0.301. The quantitative estimate of drug-likeness (QED) is 0.869. The second kappa shape index (κ2) is 5.05. The van der Waals surface area contributed by atoms with E-state index >= 15 is 0 Å². The van der Waals surface area contributed by atoms with Gasteiger partial charge in [0.05, 0.1) is 12.2 Å². The van der Waals surface area contributed by atoms with Gasteiger partial charge in [-0.05, 0) is 56.1 Å². The van der Waals surface area contributed by atoms with E-state index in [2.05, 4.69) is 28.2 Å². The molecule has 1 saturated heterocycles. The van der Waals surface area contributed by atoms with E-state index in [1.807, 2.05) is 12.3 Å². The summed E-state index contributed by atoms with van der Waals surface area (Å²) < 4.78 is 2.07. The average Bonchev–Trinajstić information content (AvgIpc) is 2.92. The van der Waals surface area contributed by atoms with E-state index in [1.54, 1.807) is 12.1 Å². The van der Waals surface area contributed by atoms with E-state index in [1.165, 1.54) is 0 Å². The van der Waals surface area contributed by atoms with Crippen LogP contribution in [0.2, 0.25) is 0 Å². The molecule has 0 unspecified atom stereocenters. The second-order valence-corrected chi connectivity index (χ2v) is 5.19. The molecule has 19 heavy (non-hydrogen) atoms. The van der Waals surface area contributed by atoms with E-state index in [9.17, 15) is 5.11 Å². The van der Waals surface area contributed by atoms with E-state index in [0.717, 1.165) is 42.6 Å². The van der Waals surface area contributed by atoms with Crippen molar-refractivity contribution in [3.63, 3.8) is 0 Å². The summed E-state index contributed by atoms with van der Waals surface area (Å²) >= 11 is 0. The SMILES string of the molecule is Cc1ccc(O)cc1-c1cnn(C2CCNCC2)c1. The molecule has 0 atom stereocenters.